The van der Waals surface area contributed by atoms with Crippen molar-refractivity contribution in [2.75, 3.05) is 43.9 Å². The van der Waals surface area contributed by atoms with Crippen LogP contribution in [-0.4, -0.2) is 96.3 Å². The topological polar surface area (TPSA) is 123 Å². The molecule has 7 aliphatic rings. The fourth-order valence-electron chi connectivity index (χ4n) is 9.50. The molecule has 0 radical (unpaired) electrons. The van der Waals surface area contributed by atoms with Crippen molar-refractivity contribution < 1.29 is 28.2 Å². The van der Waals surface area contributed by atoms with Crippen LogP contribution in [0.3, 0.4) is 0 Å². The maximum absolute atomic E-state index is 13.6. The first kappa shape index (κ1) is 27.7. The highest BCUT2D eigenvalue weighted by Gasteiger charge is 2.57. The third kappa shape index (κ3) is 5.21. The van der Waals surface area contributed by atoms with Gasteiger partial charge >= 0.3 is 6.03 Å². The smallest absolute Gasteiger partial charge is 0.320 e. The van der Waals surface area contributed by atoms with Gasteiger partial charge in [-0.2, -0.15) is 4.31 Å². The van der Waals surface area contributed by atoms with Gasteiger partial charge in [0.25, 0.3) is 0 Å². The molecule has 5 atom stereocenters. The van der Waals surface area contributed by atoms with Crippen LogP contribution in [0.25, 0.3) is 0 Å². The van der Waals surface area contributed by atoms with Crippen LogP contribution in [-0.2, 0) is 10.0 Å². The number of piperazine rings is 1. The summed E-state index contributed by atoms with van der Waals surface area (Å²) in [5.74, 6) is 2.21. The molecule has 6 bridgehead atoms. The highest BCUT2D eigenvalue weighted by Crippen LogP contribution is 2.56. The van der Waals surface area contributed by atoms with Gasteiger partial charge in [0.15, 0.2) is 0 Å². The second kappa shape index (κ2) is 9.99. The van der Waals surface area contributed by atoms with E-state index < -0.39 is 21.3 Å². The van der Waals surface area contributed by atoms with Crippen molar-refractivity contribution >= 4 is 21.7 Å². The lowest BCUT2D eigenvalue weighted by Crippen LogP contribution is -2.65. The summed E-state index contributed by atoms with van der Waals surface area (Å²) in [5, 5.41) is 25.9. The van der Waals surface area contributed by atoms with E-state index in [0.29, 0.717) is 63.4 Å². The number of hydrogen-bond acceptors (Lipinski definition) is 7. The van der Waals surface area contributed by atoms with E-state index in [1.807, 2.05) is 24.3 Å². The van der Waals surface area contributed by atoms with Crippen LogP contribution in [0, 0.1) is 23.7 Å². The fraction of sp³-hybridized carbons (Fsp3) is 0.767. The molecule has 4 aliphatic carbocycles. The number of rotatable bonds is 6. The second-order valence-corrected chi connectivity index (χ2v) is 16.0. The van der Waals surface area contributed by atoms with E-state index in [-0.39, 0.29) is 24.0 Å². The Labute approximate surface area is 243 Å². The molecule has 3 aliphatic heterocycles. The number of aliphatic hydroxyl groups is 2. The molecular weight excluding hydrogens is 544 g/mol. The van der Waals surface area contributed by atoms with Crippen LogP contribution in [0.1, 0.15) is 57.8 Å². The monoisotopic (exact) mass is 588 g/mol. The molecule has 7 fully saturated rings. The van der Waals surface area contributed by atoms with Crippen molar-refractivity contribution in [2.24, 2.45) is 23.7 Å². The van der Waals surface area contributed by atoms with Gasteiger partial charge in [-0.25, -0.2) is 13.2 Å². The molecule has 3 saturated heterocycles. The Morgan fingerprint density at radius 3 is 2.29 bits per heavy atom. The number of nitrogens with zero attached hydrogens (tertiary/aromatic N) is 3. The second-order valence-electron chi connectivity index (χ2n) is 14.0. The minimum Gasteiger partial charge on any atom is -0.493 e. The predicted octanol–water partition coefficient (Wildman–Crippen LogP) is 2.36. The zero-order valence-corrected chi connectivity index (χ0v) is 24.8. The number of carbonyl (C=O) groups excluding carboxylic acids is 1. The van der Waals surface area contributed by atoms with Gasteiger partial charge in [-0.1, -0.05) is 0 Å². The molecule has 1 aromatic rings. The number of ether oxygens (including phenoxy) is 1. The lowest BCUT2D eigenvalue weighted by Gasteiger charge is -2.58. The molecule has 2 amide bonds. The van der Waals surface area contributed by atoms with Gasteiger partial charge in [0.05, 0.1) is 18.5 Å². The quantitative estimate of drug-likeness (QED) is 0.466. The number of sulfonamides is 1. The number of hydrogen-bond donors (Lipinski definition) is 3. The fourth-order valence-corrected chi connectivity index (χ4v) is 10.3. The highest BCUT2D eigenvalue weighted by atomic mass is 32.2. The van der Waals surface area contributed by atoms with E-state index >= 15 is 0 Å². The molecule has 0 aromatic heterocycles. The number of carbonyl (C=O) groups is 1. The molecule has 4 saturated carbocycles. The van der Waals surface area contributed by atoms with Crippen molar-refractivity contribution in [3.8, 4) is 5.75 Å². The molecule has 5 unspecified atom stereocenters. The van der Waals surface area contributed by atoms with Crippen molar-refractivity contribution in [1.82, 2.24) is 14.5 Å². The summed E-state index contributed by atoms with van der Waals surface area (Å²) in [6.07, 6.45) is 8.69. The number of benzene rings is 1. The largest absolute Gasteiger partial charge is 0.493 e. The van der Waals surface area contributed by atoms with Crippen molar-refractivity contribution in [3.63, 3.8) is 0 Å². The first-order valence-corrected chi connectivity index (χ1v) is 17.3. The van der Waals surface area contributed by atoms with Gasteiger partial charge < -0.3 is 25.2 Å². The number of nitrogens with one attached hydrogen (secondary N) is 1. The summed E-state index contributed by atoms with van der Waals surface area (Å²) >= 11 is 0. The van der Waals surface area contributed by atoms with Crippen LogP contribution in [0.15, 0.2) is 24.3 Å². The Kier molecular flexibility index (Phi) is 6.76. The molecule has 11 heteroatoms. The molecule has 3 N–H and O–H groups in total. The standard InChI is InChI=1S/C30H44N4O6S/c1-41(38,39)33-10-8-32(9-11-33)24-2-4-26(5-3-24)40-19-21-14-25-6-7-30(37,16-21)34(25)28(35)31-27-22-12-20-13-23(27)18-29(36,15-20)17-22/h2-5,20-23,25,27,36-37H,6-19H2,1H3,(H,31,35). The molecular formula is C30H44N4O6S. The van der Waals surface area contributed by atoms with Gasteiger partial charge in [0, 0.05) is 50.4 Å². The zero-order valence-electron chi connectivity index (χ0n) is 24.0. The minimum absolute atomic E-state index is 0.0105. The van der Waals surface area contributed by atoms with Gasteiger partial charge in [-0.15, -0.1) is 0 Å². The number of fused-ring (bicyclic) bond motifs is 2. The highest BCUT2D eigenvalue weighted by molar-refractivity contribution is 7.88. The first-order chi connectivity index (χ1) is 19.5. The molecule has 1 aromatic carbocycles. The van der Waals surface area contributed by atoms with Crippen molar-refractivity contribution in [1.29, 1.82) is 0 Å². The average molecular weight is 589 g/mol. The van der Waals surface area contributed by atoms with Crippen molar-refractivity contribution in [2.45, 2.75) is 81.2 Å². The Balaban J connectivity index is 0.921. The maximum Gasteiger partial charge on any atom is 0.320 e. The van der Waals surface area contributed by atoms with Crippen LogP contribution in [0.5, 0.6) is 5.75 Å². The van der Waals surface area contributed by atoms with E-state index in [2.05, 4.69) is 10.2 Å². The summed E-state index contributed by atoms with van der Waals surface area (Å²) in [5.41, 5.74) is -0.614. The van der Waals surface area contributed by atoms with Gasteiger partial charge in [0.1, 0.15) is 11.5 Å². The third-order valence-electron chi connectivity index (χ3n) is 11.1. The number of urea groups is 1. The van der Waals surface area contributed by atoms with E-state index in [9.17, 15) is 23.4 Å². The number of amides is 2. The van der Waals surface area contributed by atoms with Gasteiger partial charge in [0.2, 0.25) is 10.0 Å². The van der Waals surface area contributed by atoms with Crippen LogP contribution in [0.2, 0.25) is 0 Å². The van der Waals surface area contributed by atoms with Crippen molar-refractivity contribution in [3.05, 3.63) is 24.3 Å². The van der Waals surface area contributed by atoms with Crippen LogP contribution >= 0.6 is 0 Å². The van der Waals surface area contributed by atoms with Gasteiger partial charge in [-0.05, 0) is 99.3 Å². The summed E-state index contributed by atoms with van der Waals surface area (Å²) in [6.45, 7) is 2.79. The molecule has 41 heavy (non-hydrogen) atoms. The molecule has 3 heterocycles. The lowest BCUT2D eigenvalue weighted by molar-refractivity contribution is -0.141. The molecule has 0 spiro atoms. The third-order valence-corrected chi connectivity index (χ3v) is 12.4. The summed E-state index contributed by atoms with van der Waals surface area (Å²) in [6, 6.07) is 7.91. The van der Waals surface area contributed by atoms with E-state index in [1.54, 1.807) is 4.90 Å². The minimum atomic E-state index is -3.15. The van der Waals surface area contributed by atoms with E-state index in [4.69, 9.17) is 4.74 Å². The lowest BCUT2D eigenvalue weighted by atomic mass is 9.52. The first-order valence-electron chi connectivity index (χ1n) is 15.5. The molecule has 226 valence electrons. The Morgan fingerprint density at radius 2 is 1.68 bits per heavy atom. The molecule has 10 nitrogen and oxygen atoms in total. The summed E-state index contributed by atoms with van der Waals surface area (Å²) in [7, 11) is -3.15. The Bertz CT molecular complexity index is 1250. The van der Waals surface area contributed by atoms with Gasteiger partial charge in [-0.3, -0.25) is 4.90 Å². The predicted molar refractivity (Wildman–Crippen MR) is 154 cm³/mol. The SMILES string of the molecule is CS(=O)(=O)N1CCN(c2ccc(OCC3CC4CCC(O)(C3)N4C(=O)NC3C4CC5CC3CC(O)(C5)C4)cc2)CC1. The van der Waals surface area contributed by atoms with E-state index in [1.165, 1.54) is 10.6 Å². The maximum atomic E-state index is 13.6. The zero-order chi connectivity index (χ0) is 28.6. The average Bonchev–Trinajstić information content (AvgIpc) is 3.13. The number of piperidine rings is 1. The summed E-state index contributed by atoms with van der Waals surface area (Å²) < 4.78 is 31.2. The van der Waals surface area contributed by atoms with E-state index in [0.717, 1.165) is 56.4 Å². The van der Waals surface area contributed by atoms with Crippen LogP contribution < -0.4 is 15.0 Å². The Hall–Kier alpha value is -2.08. The molecule has 8 rings (SSSR count). The number of anilines is 1. The normalized spacial score (nSPS) is 40.2. The van der Waals surface area contributed by atoms with Crippen LogP contribution in [0.4, 0.5) is 10.5 Å². The Morgan fingerprint density at radius 1 is 1.00 bits per heavy atom. The summed E-state index contributed by atoms with van der Waals surface area (Å²) in [4.78, 5) is 17.5.